The lowest BCUT2D eigenvalue weighted by molar-refractivity contribution is -0.155. The van der Waals surface area contributed by atoms with Gasteiger partial charge >= 0.3 is 18.0 Å². The molecule has 6 atom stereocenters. The number of hydrogen-bond donors (Lipinski definition) is 1. The van der Waals surface area contributed by atoms with E-state index >= 15 is 0 Å². The summed E-state index contributed by atoms with van der Waals surface area (Å²) < 4.78 is 39.8. The molecule has 0 radical (unpaired) electrons. The molecule has 1 aliphatic rings. The van der Waals surface area contributed by atoms with Crippen LogP contribution in [0.1, 0.15) is 36.7 Å². The van der Waals surface area contributed by atoms with Crippen LogP contribution in [-0.2, 0) is 44.6 Å². The van der Waals surface area contributed by atoms with Crippen LogP contribution in [0.15, 0.2) is 60.7 Å². The molecule has 1 saturated heterocycles. The van der Waals surface area contributed by atoms with E-state index < -0.39 is 60.2 Å². The van der Waals surface area contributed by atoms with Crippen LogP contribution >= 0.6 is 0 Å². The van der Waals surface area contributed by atoms with E-state index in [2.05, 4.69) is 5.32 Å². The lowest BCUT2D eigenvalue weighted by atomic mass is 9.99. The predicted octanol–water partition coefficient (Wildman–Crippen LogP) is 3.29. The number of ether oxygens (including phenoxy) is 7. The van der Waals surface area contributed by atoms with Crippen molar-refractivity contribution in [2.45, 2.75) is 69.5 Å². The third kappa shape index (κ3) is 8.99. The molecule has 2 aromatic rings. The molecular formula is C30H39NO10. The van der Waals surface area contributed by atoms with Gasteiger partial charge in [0.15, 0.2) is 12.1 Å². The van der Waals surface area contributed by atoms with Crippen molar-refractivity contribution in [3.05, 3.63) is 71.8 Å². The highest BCUT2D eigenvalue weighted by Gasteiger charge is 2.55. The molecule has 1 N–H and O–H groups in total. The highest BCUT2D eigenvalue weighted by Crippen LogP contribution is 2.33. The molecule has 0 saturated carbocycles. The first-order valence-electron chi connectivity index (χ1n) is 13.2. The second-order valence-electron chi connectivity index (χ2n) is 10.4. The van der Waals surface area contributed by atoms with Gasteiger partial charge in [0.05, 0.1) is 12.2 Å². The minimum Gasteiger partial charge on any atom is -0.459 e. The molecule has 224 valence electrons. The first kappa shape index (κ1) is 32.0. The summed E-state index contributed by atoms with van der Waals surface area (Å²) in [4.78, 5) is 39.6. The Hall–Kier alpha value is -3.51. The summed E-state index contributed by atoms with van der Waals surface area (Å²) in [5, 5.41) is 2.57. The smallest absolute Gasteiger partial charge is 0.408 e. The Morgan fingerprint density at radius 2 is 1.54 bits per heavy atom. The minimum absolute atomic E-state index is 0.0606. The highest BCUT2D eigenvalue weighted by molar-refractivity contribution is 5.89. The molecule has 1 fully saturated rings. The second-order valence-corrected chi connectivity index (χ2v) is 10.4. The summed E-state index contributed by atoms with van der Waals surface area (Å²) >= 11 is 0. The van der Waals surface area contributed by atoms with Crippen molar-refractivity contribution in [3.63, 3.8) is 0 Å². The number of carbonyl (C=O) groups is 3. The molecule has 1 heterocycles. The van der Waals surface area contributed by atoms with Gasteiger partial charge in [-0.1, -0.05) is 48.5 Å². The predicted molar refractivity (Wildman–Crippen MR) is 147 cm³/mol. The van der Waals surface area contributed by atoms with Crippen molar-refractivity contribution < 1.29 is 47.5 Å². The lowest BCUT2D eigenvalue weighted by Crippen LogP contribution is -2.55. The zero-order valence-electron chi connectivity index (χ0n) is 24.2. The van der Waals surface area contributed by atoms with Gasteiger partial charge < -0.3 is 38.5 Å². The van der Waals surface area contributed by atoms with E-state index in [1.54, 1.807) is 63.2 Å². The number of hydrogen-bond acceptors (Lipinski definition) is 10. The zero-order chi connectivity index (χ0) is 30.0. The van der Waals surface area contributed by atoms with Gasteiger partial charge in [0.1, 0.15) is 36.6 Å². The third-order valence-corrected chi connectivity index (χ3v) is 6.29. The van der Waals surface area contributed by atoms with Crippen molar-refractivity contribution in [2.24, 2.45) is 0 Å². The number of methoxy groups -OCH3 is 3. The number of nitrogens with one attached hydrogen (secondary N) is 1. The fraction of sp³-hybridized carbons (Fsp3) is 0.500. The molecule has 1 amide bonds. The number of benzene rings is 2. The summed E-state index contributed by atoms with van der Waals surface area (Å²) in [5.74, 6) is -1.48. The Balaban J connectivity index is 1.98. The number of carbonyl (C=O) groups excluding carboxylic acids is 3. The fourth-order valence-corrected chi connectivity index (χ4v) is 4.44. The first-order chi connectivity index (χ1) is 19.6. The Kier molecular flexibility index (Phi) is 11.7. The van der Waals surface area contributed by atoms with Crippen LogP contribution in [0.5, 0.6) is 0 Å². The van der Waals surface area contributed by atoms with Gasteiger partial charge in [0, 0.05) is 21.3 Å². The standard InChI is InChI=1S/C30H39NO10/c1-30(2,3)41-29(34)31-22(28(33)38-17-19-13-9-7-10-14-19)24-26(40-27(32)20-15-11-8-12-16-20)25(37-6)23(39-24)21(36-5)18-35-4/h7-16,21-26H,17-18H2,1-6H3,(H,31,34)/t21-,22+,23+,24+,25-,26-/m0/s1. The summed E-state index contributed by atoms with van der Waals surface area (Å²) in [7, 11) is 4.40. The maximum atomic E-state index is 13.6. The first-order valence-corrected chi connectivity index (χ1v) is 13.2. The third-order valence-electron chi connectivity index (χ3n) is 6.29. The molecule has 0 unspecified atom stereocenters. The van der Waals surface area contributed by atoms with Gasteiger partial charge in [-0.05, 0) is 38.5 Å². The molecule has 0 bridgehead atoms. The van der Waals surface area contributed by atoms with Gasteiger partial charge in [-0.2, -0.15) is 0 Å². The quantitative estimate of drug-likeness (QED) is 0.298. The van der Waals surface area contributed by atoms with Crippen molar-refractivity contribution in [2.75, 3.05) is 27.9 Å². The van der Waals surface area contributed by atoms with Gasteiger partial charge in [0.2, 0.25) is 0 Å². The summed E-state index contributed by atoms with van der Waals surface area (Å²) in [6.45, 7) is 5.13. The van der Waals surface area contributed by atoms with Gasteiger partial charge in [-0.3, -0.25) is 0 Å². The zero-order valence-corrected chi connectivity index (χ0v) is 24.2. The SMILES string of the molecule is COC[C@H](OC)[C@H]1O[C@H]([C@@H](NC(=O)OC(C)(C)C)C(=O)OCc2ccccc2)[C@H](OC(=O)c2ccccc2)[C@H]1OC. The molecule has 0 aliphatic carbocycles. The van der Waals surface area contributed by atoms with Gasteiger partial charge in [-0.15, -0.1) is 0 Å². The fourth-order valence-electron chi connectivity index (χ4n) is 4.44. The monoisotopic (exact) mass is 573 g/mol. The van der Waals surface area contributed by atoms with Crippen molar-refractivity contribution in [3.8, 4) is 0 Å². The van der Waals surface area contributed by atoms with Crippen LogP contribution in [-0.4, -0.2) is 88.1 Å². The Bertz CT molecular complexity index is 1120. The topological polar surface area (TPSA) is 128 Å². The van der Waals surface area contributed by atoms with Crippen LogP contribution in [0.25, 0.3) is 0 Å². The Labute approximate surface area is 240 Å². The van der Waals surface area contributed by atoms with E-state index in [0.717, 1.165) is 5.56 Å². The maximum Gasteiger partial charge on any atom is 0.408 e. The molecule has 11 nitrogen and oxygen atoms in total. The van der Waals surface area contributed by atoms with Gasteiger partial charge in [0.25, 0.3) is 0 Å². The van der Waals surface area contributed by atoms with Crippen LogP contribution in [0.4, 0.5) is 4.79 Å². The minimum atomic E-state index is -1.44. The average Bonchev–Trinajstić information content (AvgIpc) is 3.30. The van der Waals surface area contributed by atoms with Crippen LogP contribution in [0, 0.1) is 0 Å². The van der Waals surface area contributed by atoms with Crippen molar-refractivity contribution >= 4 is 18.0 Å². The van der Waals surface area contributed by atoms with Crippen molar-refractivity contribution in [1.29, 1.82) is 0 Å². The van der Waals surface area contributed by atoms with E-state index in [1.807, 2.05) is 18.2 Å². The van der Waals surface area contributed by atoms with E-state index in [4.69, 9.17) is 33.2 Å². The van der Waals surface area contributed by atoms with E-state index in [9.17, 15) is 14.4 Å². The largest absolute Gasteiger partial charge is 0.459 e. The highest BCUT2D eigenvalue weighted by atomic mass is 16.6. The van der Waals surface area contributed by atoms with Gasteiger partial charge in [-0.25, -0.2) is 14.4 Å². The molecule has 1 aliphatic heterocycles. The molecular weight excluding hydrogens is 534 g/mol. The van der Waals surface area contributed by atoms with E-state index in [0.29, 0.717) is 0 Å². The van der Waals surface area contributed by atoms with Crippen LogP contribution < -0.4 is 5.32 Å². The summed E-state index contributed by atoms with van der Waals surface area (Å²) in [6, 6.07) is 16.0. The van der Waals surface area contributed by atoms with Crippen LogP contribution in [0.2, 0.25) is 0 Å². The summed E-state index contributed by atoms with van der Waals surface area (Å²) in [5.41, 5.74) is 0.173. The molecule has 2 aromatic carbocycles. The molecule has 3 rings (SSSR count). The normalized spacial score (nSPS) is 21.9. The molecule has 0 spiro atoms. The number of esters is 2. The molecule has 41 heavy (non-hydrogen) atoms. The average molecular weight is 574 g/mol. The Morgan fingerprint density at radius 3 is 2.10 bits per heavy atom. The number of rotatable bonds is 12. The van der Waals surface area contributed by atoms with Crippen LogP contribution in [0.3, 0.4) is 0 Å². The molecule has 0 aromatic heterocycles. The maximum absolute atomic E-state index is 13.6. The summed E-state index contributed by atoms with van der Waals surface area (Å²) in [6.07, 6.45) is -5.66. The second kappa shape index (κ2) is 14.9. The number of alkyl carbamates (subject to hydrolysis) is 1. The number of amides is 1. The van der Waals surface area contributed by atoms with E-state index in [-0.39, 0.29) is 18.8 Å². The molecule has 11 heteroatoms. The lowest BCUT2D eigenvalue weighted by Gasteiger charge is -2.29. The van der Waals surface area contributed by atoms with E-state index in [1.165, 1.54) is 21.3 Å². The Morgan fingerprint density at radius 1 is 0.902 bits per heavy atom. The van der Waals surface area contributed by atoms with Crippen molar-refractivity contribution in [1.82, 2.24) is 5.32 Å².